The molecule has 10 rings (SSSR count). The summed E-state index contributed by atoms with van der Waals surface area (Å²) in [5, 5.41) is 5.21. The SMILES string of the molecule is C=C1/C=C\C=C/C/C=C\C(N(c2ccc(-c3ccccc3)cc2)c2ccc(-c3ccc4c(c3)c3c5sc6ccccc6c5ccc3n4-c3ccccc3)cc2)=C/1. The largest absolute Gasteiger partial charge is 0.310 e. The number of anilines is 2. The fourth-order valence-electron chi connectivity index (χ4n) is 8.03. The van der Waals surface area contributed by atoms with Crippen molar-refractivity contribution in [2.45, 2.75) is 6.42 Å². The second-order valence-corrected chi connectivity index (χ2v) is 15.3. The van der Waals surface area contributed by atoms with Crippen LogP contribution in [0.25, 0.3) is 69.9 Å². The maximum absolute atomic E-state index is 4.36. The number of hydrogen-bond acceptors (Lipinski definition) is 2. The highest BCUT2D eigenvalue weighted by Crippen LogP contribution is 2.44. The number of nitrogens with zero attached hydrogens (tertiary/aromatic N) is 2. The first-order valence-electron chi connectivity index (χ1n) is 19.1. The van der Waals surface area contributed by atoms with Crippen LogP contribution in [0.4, 0.5) is 11.4 Å². The van der Waals surface area contributed by atoms with E-state index >= 15 is 0 Å². The lowest BCUT2D eigenvalue weighted by Gasteiger charge is -2.27. The van der Waals surface area contributed by atoms with E-state index in [1.54, 1.807) is 0 Å². The molecule has 0 N–H and O–H groups in total. The van der Waals surface area contributed by atoms with Crippen LogP contribution in [0.3, 0.4) is 0 Å². The number of fused-ring (bicyclic) bond motifs is 7. The normalized spacial score (nSPS) is 15.9. The summed E-state index contributed by atoms with van der Waals surface area (Å²) in [6, 6.07) is 59.5. The predicted octanol–water partition coefficient (Wildman–Crippen LogP) is 15.1. The second-order valence-electron chi connectivity index (χ2n) is 14.2. The zero-order chi connectivity index (χ0) is 37.4. The van der Waals surface area contributed by atoms with E-state index in [2.05, 4.69) is 222 Å². The minimum absolute atomic E-state index is 0.852. The number of hydrogen-bond donors (Lipinski definition) is 0. The Bertz CT molecular complexity index is 3030. The zero-order valence-corrected chi connectivity index (χ0v) is 31.7. The van der Waals surface area contributed by atoms with Gasteiger partial charge in [0, 0.05) is 53.7 Å². The molecule has 0 atom stereocenters. The van der Waals surface area contributed by atoms with Gasteiger partial charge in [0.2, 0.25) is 0 Å². The summed E-state index contributed by atoms with van der Waals surface area (Å²) >= 11 is 1.89. The van der Waals surface area contributed by atoms with Crippen LogP contribution in [-0.4, -0.2) is 4.57 Å². The van der Waals surface area contributed by atoms with Crippen LogP contribution in [0.2, 0.25) is 0 Å². The van der Waals surface area contributed by atoms with Gasteiger partial charge in [0.1, 0.15) is 0 Å². The molecule has 3 heteroatoms. The molecule has 9 aromatic rings. The summed E-state index contributed by atoms with van der Waals surface area (Å²) < 4.78 is 5.07. The molecule has 56 heavy (non-hydrogen) atoms. The molecule has 0 radical (unpaired) electrons. The van der Waals surface area contributed by atoms with Crippen LogP contribution in [0.15, 0.2) is 224 Å². The lowest BCUT2D eigenvalue weighted by atomic mass is 10.0. The molecule has 1 aliphatic rings. The molecule has 0 fully saturated rings. The monoisotopic (exact) mass is 734 g/mol. The number of para-hydroxylation sites is 1. The number of benzene rings is 7. The van der Waals surface area contributed by atoms with Crippen LogP contribution in [0.5, 0.6) is 0 Å². The van der Waals surface area contributed by atoms with E-state index in [0.717, 1.165) is 29.1 Å². The molecule has 0 bridgehead atoms. The summed E-state index contributed by atoms with van der Waals surface area (Å²) in [5.74, 6) is 0. The van der Waals surface area contributed by atoms with Gasteiger partial charge in [0.05, 0.1) is 11.0 Å². The van der Waals surface area contributed by atoms with Gasteiger partial charge in [-0.2, -0.15) is 0 Å². The van der Waals surface area contributed by atoms with E-state index in [1.807, 2.05) is 11.3 Å². The molecule has 7 aromatic carbocycles. The molecule has 0 saturated heterocycles. The van der Waals surface area contributed by atoms with E-state index in [0.29, 0.717) is 0 Å². The average Bonchev–Trinajstić information content (AvgIpc) is 3.80. The molecule has 0 unspecified atom stereocenters. The first-order chi connectivity index (χ1) is 27.7. The van der Waals surface area contributed by atoms with Crippen LogP contribution < -0.4 is 4.90 Å². The minimum Gasteiger partial charge on any atom is -0.310 e. The third-order valence-corrected chi connectivity index (χ3v) is 11.9. The van der Waals surface area contributed by atoms with Gasteiger partial charge >= 0.3 is 0 Å². The average molecular weight is 735 g/mol. The minimum atomic E-state index is 0.852. The Kier molecular flexibility index (Phi) is 8.63. The summed E-state index contributed by atoms with van der Waals surface area (Å²) in [6.07, 6.45) is 15.8. The number of rotatable bonds is 6. The van der Waals surface area contributed by atoms with Crippen LogP contribution in [0, 0.1) is 0 Å². The fraction of sp³-hybridized carbons (Fsp3) is 0.0189. The van der Waals surface area contributed by atoms with E-state index in [1.165, 1.54) is 69.9 Å². The van der Waals surface area contributed by atoms with Gasteiger partial charge in [-0.3, -0.25) is 0 Å². The molecule has 266 valence electrons. The van der Waals surface area contributed by atoms with Crippen molar-refractivity contribution in [1.82, 2.24) is 4.57 Å². The van der Waals surface area contributed by atoms with Crippen molar-refractivity contribution in [2.75, 3.05) is 4.90 Å². The lowest BCUT2D eigenvalue weighted by Crippen LogP contribution is -2.15. The smallest absolute Gasteiger partial charge is 0.0555 e. The molecular weight excluding hydrogens is 697 g/mol. The van der Waals surface area contributed by atoms with E-state index in [4.69, 9.17) is 0 Å². The van der Waals surface area contributed by atoms with Gasteiger partial charge in [-0.1, -0.05) is 140 Å². The Balaban J connectivity index is 1.10. The Labute approximate surface area is 331 Å². The maximum atomic E-state index is 4.36. The van der Waals surface area contributed by atoms with Crippen molar-refractivity contribution in [3.63, 3.8) is 0 Å². The van der Waals surface area contributed by atoms with Gasteiger partial charge in [0.25, 0.3) is 0 Å². The highest BCUT2D eigenvalue weighted by Gasteiger charge is 2.19. The lowest BCUT2D eigenvalue weighted by molar-refractivity contribution is 1.18. The van der Waals surface area contributed by atoms with E-state index in [-0.39, 0.29) is 0 Å². The van der Waals surface area contributed by atoms with Crippen molar-refractivity contribution < 1.29 is 0 Å². The Morgan fingerprint density at radius 2 is 1.16 bits per heavy atom. The number of allylic oxidation sites excluding steroid dienone is 8. The Morgan fingerprint density at radius 1 is 0.518 bits per heavy atom. The van der Waals surface area contributed by atoms with Crippen LogP contribution in [0.1, 0.15) is 6.42 Å². The molecule has 2 nitrogen and oxygen atoms in total. The third-order valence-electron chi connectivity index (χ3n) is 10.7. The molecule has 2 aromatic heterocycles. The summed E-state index contributed by atoms with van der Waals surface area (Å²) in [7, 11) is 0. The molecule has 0 saturated carbocycles. The van der Waals surface area contributed by atoms with Crippen molar-refractivity contribution in [1.29, 1.82) is 0 Å². The van der Waals surface area contributed by atoms with Crippen molar-refractivity contribution >= 4 is 64.7 Å². The predicted molar refractivity (Wildman–Crippen MR) is 242 cm³/mol. The van der Waals surface area contributed by atoms with Gasteiger partial charge in [0.15, 0.2) is 0 Å². The first-order valence-corrected chi connectivity index (χ1v) is 19.9. The van der Waals surface area contributed by atoms with Gasteiger partial charge in [-0.05, 0) is 107 Å². The van der Waals surface area contributed by atoms with Crippen molar-refractivity contribution in [2.24, 2.45) is 0 Å². The summed E-state index contributed by atoms with van der Waals surface area (Å²) in [5.41, 5.74) is 12.5. The highest BCUT2D eigenvalue weighted by molar-refractivity contribution is 7.26. The molecule has 0 aliphatic heterocycles. The number of aromatic nitrogens is 1. The Hall–Kier alpha value is -6.94. The van der Waals surface area contributed by atoms with Crippen LogP contribution in [-0.2, 0) is 0 Å². The van der Waals surface area contributed by atoms with Gasteiger partial charge < -0.3 is 9.47 Å². The third kappa shape index (κ3) is 6.09. The Morgan fingerprint density at radius 3 is 1.93 bits per heavy atom. The molecule has 0 spiro atoms. The molecule has 0 amide bonds. The number of thiophene rings is 1. The first kappa shape index (κ1) is 33.6. The van der Waals surface area contributed by atoms with E-state index < -0.39 is 0 Å². The van der Waals surface area contributed by atoms with Crippen molar-refractivity contribution in [3.05, 3.63) is 224 Å². The quantitative estimate of drug-likeness (QED) is 0.165. The van der Waals surface area contributed by atoms with Gasteiger partial charge in [-0.25, -0.2) is 0 Å². The fourth-order valence-corrected chi connectivity index (χ4v) is 9.29. The van der Waals surface area contributed by atoms with E-state index in [9.17, 15) is 0 Å². The topological polar surface area (TPSA) is 8.17 Å². The zero-order valence-electron chi connectivity index (χ0n) is 30.8. The standard InChI is InChI=1S/C53H38N2S/c1-37-15-7-3-2-4-10-20-45(35-37)54(43-28-23-39(24-29-43)38-16-8-5-9-17-38)44-30-25-40(26-31-44)41-27-33-49-48(36-41)52-50(55(49)42-18-11-6-12-19-42)34-32-47-46-21-13-14-22-51(46)56-53(47)52/h2-3,5-36H,1,4H2/b3-2-,15-7-,20-10-,45-35+. The maximum Gasteiger partial charge on any atom is 0.0555 e. The molecule has 2 heterocycles. The second kappa shape index (κ2) is 14.4. The summed E-state index contributed by atoms with van der Waals surface area (Å²) in [6.45, 7) is 4.36. The summed E-state index contributed by atoms with van der Waals surface area (Å²) in [4.78, 5) is 2.33. The molecular formula is C53H38N2S. The van der Waals surface area contributed by atoms with Gasteiger partial charge in [-0.15, -0.1) is 11.3 Å². The van der Waals surface area contributed by atoms with Crippen molar-refractivity contribution in [3.8, 4) is 27.9 Å². The highest BCUT2D eigenvalue weighted by atomic mass is 32.1. The molecule has 1 aliphatic carbocycles. The van der Waals surface area contributed by atoms with Crippen LogP contribution >= 0.6 is 11.3 Å².